The lowest BCUT2D eigenvalue weighted by molar-refractivity contribution is -0.137. The zero-order valence-electron chi connectivity index (χ0n) is 11.2. The average molecular weight is 310 g/mol. The van der Waals surface area contributed by atoms with Gasteiger partial charge in [-0.1, -0.05) is 18.2 Å². The molecule has 7 heteroatoms. The maximum absolute atomic E-state index is 12.5. The fourth-order valence-corrected chi connectivity index (χ4v) is 3.21. The molecule has 1 rings (SSSR count). The van der Waals surface area contributed by atoms with E-state index in [0.29, 0.717) is 0 Å². The topological polar surface area (TPSA) is 54.4 Å². The van der Waals surface area contributed by atoms with Gasteiger partial charge in [0.15, 0.2) is 9.84 Å². The summed E-state index contributed by atoms with van der Waals surface area (Å²) in [5, 5.41) is 9.48. The Labute approximate surface area is 116 Å². The molecule has 114 valence electrons. The van der Waals surface area contributed by atoms with Gasteiger partial charge in [-0.15, -0.1) is 0 Å². The van der Waals surface area contributed by atoms with Crippen molar-refractivity contribution in [2.45, 2.75) is 37.8 Å². The molecule has 1 aromatic rings. The van der Waals surface area contributed by atoms with E-state index in [-0.39, 0.29) is 17.7 Å². The van der Waals surface area contributed by atoms with Crippen molar-refractivity contribution in [3.8, 4) is 0 Å². The lowest BCUT2D eigenvalue weighted by Gasteiger charge is -2.16. The molecular formula is C13H17F3O3S. The minimum Gasteiger partial charge on any atom is -0.390 e. The van der Waals surface area contributed by atoms with Crippen LogP contribution in [0, 0.1) is 0 Å². The Hall–Kier alpha value is -1.08. The summed E-state index contributed by atoms with van der Waals surface area (Å²) in [5.41, 5.74) is -1.90. The van der Waals surface area contributed by atoms with Crippen LogP contribution in [0.2, 0.25) is 0 Å². The molecule has 0 aliphatic carbocycles. The van der Waals surface area contributed by atoms with E-state index >= 15 is 0 Å². The molecule has 0 aliphatic rings. The van der Waals surface area contributed by atoms with E-state index < -0.39 is 32.9 Å². The van der Waals surface area contributed by atoms with Gasteiger partial charge in [-0.05, 0) is 31.9 Å². The summed E-state index contributed by atoms with van der Waals surface area (Å²) in [7, 11) is -3.56. The Balaban J connectivity index is 2.83. The highest BCUT2D eigenvalue weighted by Crippen LogP contribution is 2.30. The molecule has 0 amide bonds. The first-order valence-corrected chi connectivity index (χ1v) is 7.80. The highest BCUT2D eigenvalue weighted by molar-refractivity contribution is 7.90. The number of hydrogen-bond donors (Lipinski definition) is 1. The number of sulfone groups is 1. The molecular weight excluding hydrogens is 293 g/mol. The Bertz CT molecular complexity index is 557. The van der Waals surface area contributed by atoms with Crippen molar-refractivity contribution >= 4 is 9.84 Å². The SMILES string of the molecule is CC(C)(O)CCS(=O)(=O)Cc1cccc(C(F)(F)F)c1. The van der Waals surface area contributed by atoms with Gasteiger partial charge in [-0.25, -0.2) is 8.42 Å². The third-order valence-corrected chi connectivity index (χ3v) is 4.27. The second-order valence-electron chi connectivity index (χ2n) is 5.35. The summed E-state index contributed by atoms with van der Waals surface area (Å²) in [6, 6.07) is 4.26. The van der Waals surface area contributed by atoms with Crippen LogP contribution in [0.5, 0.6) is 0 Å². The zero-order chi connectivity index (χ0) is 15.6. The van der Waals surface area contributed by atoms with Crippen molar-refractivity contribution in [1.82, 2.24) is 0 Å². The minimum absolute atomic E-state index is 0.0360. The second kappa shape index (κ2) is 5.73. The number of halogens is 3. The van der Waals surface area contributed by atoms with Crippen LogP contribution in [-0.2, 0) is 21.8 Å². The van der Waals surface area contributed by atoms with Crippen molar-refractivity contribution in [3.05, 3.63) is 35.4 Å². The molecule has 1 aromatic carbocycles. The third-order valence-electron chi connectivity index (χ3n) is 2.67. The highest BCUT2D eigenvalue weighted by Gasteiger charge is 2.30. The minimum atomic E-state index is -4.49. The molecule has 0 fully saturated rings. The Kier molecular flexibility index (Phi) is 4.86. The van der Waals surface area contributed by atoms with Crippen molar-refractivity contribution in [2.24, 2.45) is 0 Å². The van der Waals surface area contributed by atoms with Gasteiger partial charge < -0.3 is 5.11 Å². The van der Waals surface area contributed by atoms with E-state index in [9.17, 15) is 26.7 Å². The summed E-state index contributed by atoms with van der Waals surface area (Å²) in [6.07, 6.45) is -4.46. The third kappa shape index (κ3) is 5.92. The number of aliphatic hydroxyl groups is 1. The molecule has 20 heavy (non-hydrogen) atoms. The Morgan fingerprint density at radius 2 is 1.80 bits per heavy atom. The standard InChI is InChI=1S/C13H17F3O3S/c1-12(2,17)6-7-20(18,19)9-10-4-3-5-11(8-10)13(14,15)16/h3-5,8,17H,6-7,9H2,1-2H3. The predicted molar refractivity (Wildman–Crippen MR) is 69.8 cm³/mol. The first-order chi connectivity index (χ1) is 8.89. The smallest absolute Gasteiger partial charge is 0.390 e. The Morgan fingerprint density at radius 1 is 1.20 bits per heavy atom. The molecule has 0 unspecified atom stereocenters. The summed E-state index contributed by atoms with van der Waals surface area (Å²) < 4.78 is 61.2. The monoisotopic (exact) mass is 310 g/mol. The zero-order valence-corrected chi connectivity index (χ0v) is 12.1. The van der Waals surface area contributed by atoms with Crippen LogP contribution in [0.25, 0.3) is 0 Å². The fourth-order valence-electron chi connectivity index (χ4n) is 1.57. The molecule has 0 spiro atoms. The summed E-state index contributed by atoms with van der Waals surface area (Å²) in [6.45, 7) is 2.96. The summed E-state index contributed by atoms with van der Waals surface area (Å²) in [5.74, 6) is -0.736. The van der Waals surface area contributed by atoms with E-state index in [4.69, 9.17) is 0 Å². The number of alkyl halides is 3. The van der Waals surface area contributed by atoms with Gasteiger partial charge >= 0.3 is 6.18 Å². The van der Waals surface area contributed by atoms with Crippen molar-refractivity contribution in [3.63, 3.8) is 0 Å². The maximum atomic E-state index is 12.5. The van der Waals surface area contributed by atoms with Crippen molar-refractivity contribution in [2.75, 3.05) is 5.75 Å². The van der Waals surface area contributed by atoms with Crippen LogP contribution in [0.4, 0.5) is 13.2 Å². The van der Waals surface area contributed by atoms with E-state index in [2.05, 4.69) is 0 Å². The largest absolute Gasteiger partial charge is 0.416 e. The normalized spacial score (nSPS) is 13.5. The van der Waals surface area contributed by atoms with E-state index in [1.807, 2.05) is 0 Å². The van der Waals surface area contributed by atoms with Gasteiger partial charge in [0, 0.05) is 0 Å². The van der Waals surface area contributed by atoms with Gasteiger partial charge in [0.25, 0.3) is 0 Å². The van der Waals surface area contributed by atoms with Gasteiger partial charge in [-0.2, -0.15) is 13.2 Å². The molecule has 0 saturated carbocycles. The van der Waals surface area contributed by atoms with E-state index in [1.165, 1.54) is 26.0 Å². The van der Waals surface area contributed by atoms with E-state index in [0.717, 1.165) is 12.1 Å². The molecule has 0 aliphatic heterocycles. The quantitative estimate of drug-likeness (QED) is 0.910. The van der Waals surface area contributed by atoms with Crippen LogP contribution in [-0.4, -0.2) is 24.9 Å². The van der Waals surface area contributed by atoms with Crippen molar-refractivity contribution in [1.29, 1.82) is 0 Å². The molecule has 0 bridgehead atoms. The average Bonchev–Trinajstić information content (AvgIpc) is 2.24. The van der Waals surface area contributed by atoms with Crippen LogP contribution in [0.15, 0.2) is 24.3 Å². The predicted octanol–water partition coefficient (Wildman–Crippen LogP) is 2.78. The second-order valence-corrected chi connectivity index (χ2v) is 7.54. The molecule has 3 nitrogen and oxygen atoms in total. The number of hydrogen-bond acceptors (Lipinski definition) is 3. The lowest BCUT2D eigenvalue weighted by atomic mass is 10.1. The summed E-state index contributed by atoms with van der Waals surface area (Å²) >= 11 is 0. The molecule has 0 saturated heterocycles. The van der Waals surface area contributed by atoms with Gasteiger partial charge in [0.2, 0.25) is 0 Å². The van der Waals surface area contributed by atoms with Gasteiger partial charge in [0.05, 0.1) is 22.7 Å². The fraction of sp³-hybridized carbons (Fsp3) is 0.538. The molecule has 0 heterocycles. The maximum Gasteiger partial charge on any atom is 0.416 e. The summed E-state index contributed by atoms with van der Waals surface area (Å²) in [4.78, 5) is 0. The molecule has 0 radical (unpaired) electrons. The first-order valence-electron chi connectivity index (χ1n) is 5.98. The van der Waals surface area contributed by atoms with Gasteiger partial charge in [0.1, 0.15) is 0 Å². The van der Waals surface area contributed by atoms with Crippen LogP contribution in [0.1, 0.15) is 31.4 Å². The van der Waals surface area contributed by atoms with E-state index in [1.54, 1.807) is 0 Å². The number of rotatable bonds is 5. The van der Waals surface area contributed by atoms with Crippen LogP contribution < -0.4 is 0 Å². The van der Waals surface area contributed by atoms with Crippen LogP contribution >= 0.6 is 0 Å². The first kappa shape index (κ1) is 17.0. The highest BCUT2D eigenvalue weighted by atomic mass is 32.2. The van der Waals surface area contributed by atoms with Crippen LogP contribution in [0.3, 0.4) is 0 Å². The van der Waals surface area contributed by atoms with Crippen molar-refractivity contribution < 1.29 is 26.7 Å². The molecule has 1 N–H and O–H groups in total. The lowest BCUT2D eigenvalue weighted by Crippen LogP contribution is -2.24. The molecule has 0 atom stereocenters. The number of benzene rings is 1. The Morgan fingerprint density at radius 3 is 2.30 bits per heavy atom. The van der Waals surface area contributed by atoms with Gasteiger partial charge in [-0.3, -0.25) is 0 Å². The molecule has 0 aromatic heterocycles.